The predicted molar refractivity (Wildman–Crippen MR) is 196 cm³/mol. The van der Waals surface area contributed by atoms with Crippen molar-refractivity contribution in [2.24, 2.45) is 35.2 Å². The zero-order chi connectivity index (χ0) is 37.8. The Labute approximate surface area is 326 Å². The number of carbonyl (C=O) groups is 2. The molecule has 0 rings (SSSR count). The van der Waals surface area contributed by atoms with Crippen LogP contribution in [0, 0.1) is 106 Å². The number of hydrogen-bond acceptors (Lipinski definition) is 32. The third kappa shape index (κ3) is 104. The summed E-state index contributed by atoms with van der Waals surface area (Å²) in [5.74, 6) is 25.2. The molecule has 0 saturated carbocycles. The first kappa shape index (κ1) is 127. The molecule has 0 aliphatic carbocycles. The van der Waals surface area contributed by atoms with Gasteiger partial charge in [0.05, 0.1) is 0 Å². The normalized spacial score (nSPS) is 6.58. The molecule has 0 aromatic carbocycles. The molecule has 312 valence electrons. The Morgan fingerprint density at radius 2 is 0.750 bits per heavy atom. The monoisotopic (exact) mass is 920 g/mol. The summed E-state index contributed by atoms with van der Waals surface area (Å²) >= 11 is 9.65. The fourth-order valence-electron chi connectivity index (χ4n) is 0.293. The summed E-state index contributed by atoms with van der Waals surface area (Å²) in [7, 11) is -10.0. The molecule has 0 aromatic rings. The minimum absolute atomic E-state index is 0. The molecule has 0 aromatic heterocycles. The van der Waals surface area contributed by atoms with Crippen molar-refractivity contribution in [3.63, 3.8) is 0 Å². The smallest absolute Gasteiger partial charge is 0.450 e. The second kappa shape index (κ2) is 85.6. The average molecular weight is 921 g/mol. The summed E-state index contributed by atoms with van der Waals surface area (Å²) in [6, 6.07) is 0. The van der Waals surface area contributed by atoms with Gasteiger partial charge in [-0.05, 0) is 0 Å². The average Bonchev–Trinajstić information content (AvgIpc) is 2.99. The Morgan fingerprint density at radius 1 is 0.673 bits per heavy atom. The second-order valence-electron chi connectivity index (χ2n) is 3.38. The van der Waals surface area contributed by atoms with Crippen LogP contribution in [0.1, 0.15) is 0 Å². The third-order valence-electron chi connectivity index (χ3n) is 1.38. The zero-order valence-electron chi connectivity index (χ0n) is 26.3. The van der Waals surface area contributed by atoms with Gasteiger partial charge in [0, 0.05) is 24.3 Å². The zero-order valence-corrected chi connectivity index (χ0v) is 32.7. The van der Waals surface area contributed by atoms with Gasteiger partial charge in [-0.3, -0.25) is 32.5 Å². The summed E-state index contributed by atoms with van der Waals surface area (Å²) in [5, 5.41) is 95.7. The maximum atomic E-state index is 9.49. The van der Waals surface area contributed by atoms with Crippen molar-refractivity contribution in [2.45, 2.75) is 0 Å². The third-order valence-corrected chi connectivity index (χ3v) is 5.08. The first-order chi connectivity index (χ1) is 19.8. The summed E-state index contributed by atoms with van der Waals surface area (Å²) < 4.78 is 24.0. The van der Waals surface area contributed by atoms with E-state index >= 15 is 0 Å². The quantitative estimate of drug-likeness (QED) is 0.0445. The van der Waals surface area contributed by atoms with E-state index in [1.54, 1.807) is 5.53 Å². The SMILES string of the molecule is C#N.C#N.Cl.N.N.N.N.N.N.N.N#CS.N#CS.N#[C][Fe]([C]#N)([C]#N)([C]#N)([C]#N)[C]#N.NN.NNN.NOC(=O)ON.O=C(O)O.O=S(O)(O)=S.S. The topological polar surface area (TPSA) is 802 Å². The molecule has 0 radical (unpaired) electrons. The van der Waals surface area contributed by atoms with E-state index in [1.165, 1.54) is 10.8 Å². The number of hydrogen-bond donors (Lipinski definition) is 20. The molecule has 0 amide bonds. The molecular formula is C12H45ClFeN24O9S5. The van der Waals surface area contributed by atoms with Crippen LogP contribution in [0.5, 0.6) is 0 Å². The van der Waals surface area contributed by atoms with Gasteiger partial charge < -0.3 is 62.9 Å². The Hall–Kier alpha value is -4.97. The van der Waals surface area contributed by atoms with Crippen molar-refractivity contribution < 1.29 is 53.5 Å². The first-order valence-corrected chi connectivity index (χ1v) is 13.8. The van der Waals surface area contributed by atoms with Crippen LogP contribution in [0.15, 0.2) is 0 Å². The number of thiocyanates is 2. The molecule has 40 heteroatoms. The van der Waals surface area contributed by atoms with Gasteiger partial charge in [-0.2, -0.15) is 50.4 Å². The van der Waals surface area contributed by atoms with Crippen molar-refractivity contribution >= 4 is 83.7 Å². The van der Waals surface area contributed by atoms with Crippen molar-refractivity contribution in [1.29, 1.82) is 52.6 Å². The minimum atomic E-state index is -6.17. The van der Waals surface area contributed by atoms with Gasteiger partial charge in [0.25, 0.3) is 9.05 Å². The predicted octanol–water partition coefficient (Wildman–Crippen LogP) is -1.23. The second-order valence-corrected chi connectivity index (χ2v) is 11.6. The molecule has 0 atom stereocenters. The molecule has 38 N–H and O–H groups in total. The number of nitriles is 10. The molecule has 0 bridgehead atoms. The van der Waals surface area contributed by atoms with E-state index in [0.717, 1.165) is 29.8 Å². The standard InChI is InChI=1S/CH4N2O3.2CHNS.2CHN.6CN.CH2O3.ClH.Fe.H5N3.H4N2.7H3N.H2O3S2.H2S/c2-5-1(4)6-3;2*2-1-3;8*1-2;2-1(3)4;;;1-3-2;1-2;;;;;;;;1-5(2,3)4;/h2-3H2;2*3H;2*1H;;;;;;;(H2,2,3,4);1H;;3H,1-2H2;1-2H2;7*1H3;(H2,1,2,3,4);1H2. The van der Waals surface area contributed by atoms with Crippen LogP contribution in [0.2, 0.25) is 0 Å². The summed E-state index contributed by atoms with van der Waals surface area (Å²) in [6.07, 6.45) is -2.94. The number of hydrazine groups is 3. The number of halogens is 1. The summed E-state index contributed by atoms with van der Waals surface area (Å²) in [4.78, 5) is 31.1. The summed E-state index contributed by atoms with van der Waals surface area (Å²) in [6.45, 7) is 7.00. The van der Waals surface area contributed by atoms with E-state index in [2.05, 4.69) is 94.4 Å². The van der Waals surface area contributed by atoms with Gasteiger partial charge >= 0.3 is 84.4 Å². The van der Waals surface area contributed by atoms with Gasteiger partial charge in [0.2, 0.25) is 0 Å². The van der Waals surface area contributed by atoms with E-state index < -0.39 is 32.1 Å². The number of thiol groups is 2. The minimum Gasteiger partial charge on any atom is -0.450 e. The number of carbonyl (C=O) groups excluding carboxylic acids is 1. The van der Waals surface area contributed by atoms with E-state index in [1.807, 2.05) is 0 Å². The summed E-state index contributed by atoms with van der Waals surface area (Å²) in [5.41, 5.74) is 1.75. The van der Waals surface area contributed by atoms with E-state index in [9.17, 15) is 4.79 Å². The van der Waals surface area contributed by atoms with E-state index in [-0.39, 0.29) is 69.0 Å². The van der Waals surface area contributed by atoms with Crippen LogP contribution in [0.25, 0.3) is 0 Å². The van der Waals surface area contributed by atoms with Crippen LogP contribution in [0.4, 0.5) is 9.59 Å². The number of nitrogens with one attached hydrogen (secondary N) is 1. The number of carboxylic acid groups (broad SMARTS) is 2. The van der Waals surface area contributed by atoms with Crippen LogP contribution < -0.4 is 83.8 Å². The van der Waals surface area contributed by atoms with Crippen LogP contribution in [-0.2, 0) is 40.6 Å². The molecule has 0 fully saturated rings. The maximum Gasteiger partial charge on any atom is 0.546 e. The fourth-order valence-corrected chi connectivity index (χ4v) is 1.12. The maximum absolute atomic E-state index is 9.49. The van der Waals surface area contributed by atoms with E-state index in [0.29, 0.717) is 0 Å². The van der Waals surface area contributed by atoms with Crippen LogP contribution >= 0.6 is 51.2 Å². The fraction of sp³-hybridized carbons (Fsp3) is 0. The van der Waals surface area contributed by atoms with Gasteiger partial charge in [-0.15, -0.1) is 12.4 Å². The Bertz CT molecular complexity index is 1110. The Balaban J connectivity index is -0.0000000145. The van der Waals surface area contributed by atoms with Crippen LogP contribution in [0.3, 0.4) is 0 Å². The van der Waals surface area contributed by atoms with Gasteiger partial charge in [-0.25, -0.2) is 15.3 Å². The van der Waals surface area contributed by atoms with Crippen LogP contribution in [-0.4, -0.2) is 35.8 Å². The van der Waals surface area contributed by atoms with Crippen molar-refractivity contribution in [3.8, 4) is 53.8 Å². The number of nitrogens with two attached hydrogens (primary N) is 6. The number of rotatable bonds is 0. The molecular weight excluding hydrogens is 876 g/mol. The molecule has 0 saturated heterocycles. The van der Waals surface area contributed by atoms with Gasteiger partial charge in [0.1, 0.15) is 10.8 Å². The molecule has 0 heterocycles. The van der Waals surface area contributed by atoms with Crippen molar-refractivity contribution in [3.05, 3.63) is 0 Å². The Morgan fingerprint density at radius 3 is 0.750 bits per heavy atom. The number of nitrogens with zero attached hydrogens (tertiary/aromatic N) is 10. The molecule has 52 heavy (non-hydrogen) atoms. The van der Waals surface area contributed by atoms with Crippen molar-refractivity contribution in [2.75, 3.05) is 0 Å². The molecule has 0 spiro atoms. The molecule has 0 aliphatic rings. The molecule has 0 aliphatic heterocycles. The van der Waals surface area contributed by atoms with Gasteiger partial charge in [-0.1, -0.05) is 25.3 Å². The van der Waals surface area contributed by atoms with E-state index in [4.69, 9.17) is 80.9 Å². The Kier molecular flexibility index (Phi) is 209. The van der Waals surface area contributed by atoms with Crippen molar-refractivity contribution in [1.82, 2.24) is 48.6 Å². The first-order valence-electron chi connectivity index (χ1n) is 7.16. The molecule has 33 nitrogen and oxygen atoms in total. The van der Waals surface area contributed by atoms with Gasteiger partial charge in [0.15, 0.2) is 0 Å². The molecule has 0 unspecified atom stereocenters. The largest absolute Gasteiger partial charge is 0.546 e.